The fourth-order valence-electron chi connectivity index (χ4n) is 1.95. The summed E-state index contributed by atoms with van der Waals surface area (Å²) in [5.41, 5.74) is 0.0677. The molecule has 1 atom stereocenters. The molecule has 1 nitrogen and oxygen atoms in total. The molecule has 0 fully saturated rings. The second-order valence-corrected chi connectivity index (χ2v) is 3.36. The molecule has 0 heterocycles. The van der Waals surface area contributed by atoms with Crippen LogP contribution in [0.5, 0.6) is 0 Å². The Hall–Kier alpha value is -0.820. The van der Waals surface area contributed by atoms with E-state index in [0.717, 1.165) is 19.5 Å². The van der Waals surface area contributed by atoms with Gasteiger partial charge in [-0.05, 0) is 19.5 Å². The van der Waals surface area contributed by atoms with Gasteiger partial charge in [0.2, 0.25) is 0 Å². The predicted octanol–water partition coefficient (Wildman–Crippen LogP) is 2.77. The van der Waals surface area contributed by atoms with Gasteiger partial charge in [-0.1, -0.05) is 44.2 Å². The highest BCUT2D eigenvalue weighted by Crippen LogP contribution is 2.26. The summed E-state index contributed by atoms with van der Waals surface area (Å²) in [7, 11) is 0. The summed E-state index contributed by atoms with van der Waals surface area (Å²) in [5.74, 6) is 0. The molecule has 0 aliphatic heterocycles. The van der Waals surface area contributed by atoms with E-state index in [1.165, 1.54) is 0 Å². The molecule has 0 amide bonds. The van der Waals surface area contributed by atoms with E-state index in [0.29, 0.717) is 0 Å². The highest BCUT2D eigenvalue weighted by atomic mass is 15.2. The molecule has 1 heteroatoms. The zero-order valence-corrected chi connectivity index (χ0v) is 8.66. The quantitative estimate of drug-likeness (QED) is 0.597. The van der Waals surface area contributed by atoms with E-state index in [1.807, 2.05) is 0 Å². The molecule has 0 radical (unpaired) electrons. The first-order valence-electron chi connectivity index (χ1n) is 5.02. The minimum atomic E-state index is 0.0677. The molecule has 1 unspecified atom stereocenters. The maximum Gasteiger partial charge on any atom is 0.0610 e. The second-order valence-electron chi connectivity index (χ2n) is 3.36. The lowest BCUT2D eigenvalue weighted by atomic mass is 9.89. The third-order valence-corrected chi connectivity index (χ3v) is 2.78. The van der Waals surface area contributed by atoms with Gasteiger partial charge >= 0.3 is 0 Å². The molecule has 0 spiro atoms. The van der Waals surface area contributed by atoms with Crippen molar-refractivity contribution in [3.63, 3.8) is 0 Å². The van der Waals surface area contributed by atoms with Crippen molar-refractivity contribution in [1.82, 2.24) is 4.90 Å². The van der Waals surface area contributed by atoms with Gasteiger partial charge in [0, 0.05) is 0 Å². The van der Waals surface area contributed by atoms with Gasteiger partial charge in [-0.15, -0.1) is 6.58 Å². The van der Waals surface area contributed by atoms with Gasteiger partial charge in [0.15, 0.2) is 0 Å². The van der Waals surface area contributed by atoms with Gasteiger partial charge in [0.05, 0.1) is 5.54 Å². The molecule has 1 aliphatic rings. The Bertz CT molecular complexity index is 223. The van der Waals surface area contributed by atoms with E-state index in [2.05, 4.69) is 55.7 Å². The first kappa shape index (κ1) is 10.3. The lowest BCUT2D eigenvalue weighted by molar-refractivity contribution is 0.190. The fraction of sp³-hybridized carbons (Fsp3) is 0.500. The van der Waals surface area contributed by atoms with E-state index < -0.39 is 0 Å². The van der Waals surface area contributed by atoms with Crippen LogP contribution >= 0.6 is 0 Å². The molecule has 72 valence electrons. The van der Waals surface area contributed by atoms with Crippen LogP contribution in [0.25, 0.3) is 0 Å². The Balaban J connectivity index is 2.85. The first-order chi connectivity index (χ1) is 6.29. The van der Waals surface area contributed by atoms with Crippen molar-refractivity contribution in [2.45, 2.75) is 25.8 Å². The standard InChI is InChI=1S/C12H19N/c1-4-12(13(5-2)6-3)10-8-7-9-11-12/h4,7-10H,1,5-6,11H2,2-3H3. The second kappa shape index (κ2) is 4.43. The molecule has 1 aliphatic carbocycles. The molecule has 0 saturated heterocycles. The van der Waals surface area contributed by atoms with E-state index >= 15 is 0 Å². The van der Waals surface area contributed by atoms with E-state index in [9.17, 15) is 0 Å². The molecular formula is C12H19N. The topological polar surface area (TPSA) is 3.24 Å². The Labute approximate surface area is 81.4 Å². The van der Waals surface area contributed by atoms with Gasteiger partial charge in [-0.3, -0.25) is 4.90 Å². The Kier molecular flexibility index (Phi) is 3.49. The lowest BCUT2D eigenvalue weighted by Gasteiger charge is -2.39. The molecule has 0 aromatic rings. The van der Waals surface area contributed by atoms with E-state index in [4.69, 9.17) is 0 Å². The molecule has 13 heavy (non-hydrogen) atoms. The Morgan fingerprint density at radius 1 is 1.38 bits per heavy atom. The van der Waals surface area contributed by atoms with Crippen LogP contribution in [0.2, 0.25) is 0 Å². The molecule has 0 aromatic heterocycles. The molecular weight excluding hydrogens is 158 g/mol. The van der Waals surface area contributed by atoms with E-state index in [1.54, 1.807) is 0 Å². The lowest BCUT2D eigenvalue weighted by Crippen LogP contribution is -2.45. The molecule has 0 saturated carbocycles. The number of rotatable bonds is 4. The normalized spacial score (nSPS) is 26.7. The SMILES string of the molecule is C=CC1(N(CC)CC)C=CC=CC1. The van der Waals surface area contributed by atoms with Crippen LogP contribution in [-0.2, 0) is 0 Å². The summed E-state index contributed by atoms with van der Waals surface area (Å²) in [5, 5.41) is 0. The minimum Gasteiger partial charge on any atom is -0.291 e. The summed E-state index contributed by atoms with van der Waals surface area (Å²) in [6, 6.07) is 0. The maximum atomic E-state index is 3.95. The smallest absolute Gasteiger partial charge is 0.0610 e. The zero-order chi connectivity index (χ0) is 9.73. The Morgan fingerprint density at radius 2 is 2.08 bits per heavy atom. The van der Waals surface area contributed by atoms with Crippen molar-refractivity contribution in [3.8, 4) is 0 Å². The molecule has 0 aromatic carbocycles. The summed E-state index contributed by atoms with van der Waals surface area (Å²) in [6.45, 7) is 10.5. The summed E-state index contributed by atoms with van der Waals surface area (Å²) >= 11 is 0. The van der Waals surface area contributed by atoms with Gasteiger partial charge in [0.1, 0.15) is 0 Å². The monoisotopic (exact) mass is 177 g/mol. The van der Waals surface area contributed by atoms with Gasteiger partial charge in [-0.25, -0.2) is 0 Å². The summed E-state index contributed by atoms with van der Waals surface area (Å²) in [6.07, 6.45) is 11.8. The predicted molar refractivity (Wildman–Crippen MR) is 58.7 cm³/mol. The molecule has 0 N–H and O–H groups in total. The number of likely N-dealkylation sites (N-methyl/N-ethyl adjacent to an activating group) is 1. The largest absolute Gasteiger partial charge is 0.291 e. The Morgan fingerprint density at radius 3 is 2.46 bits per heavy atom. The third kappa shape index (κ3) is 1.92. The van der Waals surface area contributed by atoms with Crippen molar-refractivity contribution < 1.29 is 0 Å². The number of hydrogen-bond donors (Lipinski definition) is 0. The zero-order valence-electron chi connectivity index (χ0n) is 8.66. The van der Waals surface area contributed by atoms with Gasteiger partial charge < -0.3 is 0 Å². The highest BCUT2D eigenvalue weighted by Gasteiger charge is 2.28. The van der Waals surface area contributed by atoms with Crippen LogP contribution in [0.15, 0.2) is 37.0 Å². The highest BCUT2D eigenvalue weighted by molar-refractivity contribution is 5.27. The first-order valence-corrected chi connectivity index (χ1v) is 5.02. The number of hydrogen-bond acceptors (Lipinski definition) is 1. The third-order valence-electron chi connectivity index (χ3n) is 2.78. The molecule has 1 rings (SSSR count). The van der Waals surface area contributed by atoms with Crippen LogP contribution < -0.4 is 0 Å². The number of allylic oxidation sites excluding steroid dienone is 2. The van der Waals surface area contributed by atoms with Crippen LogP contribution in [0, 0.1) is 0 Å². The van der Waals surface area contributed by atoms with Crippen LogP contribution in [0.4, 0.5) is 0 Å². The van der Waals surface area contributed by atoms with Crippen molar-refractivity contribution >= 4 is 0 Å². The average Bonchev–Trinajstić information content (AvgIpc) is 2.21. The van der Waals surface area contributed by atoms with Crippen LogP contribution in [-0.4, -0.2) is 23.5 Å². The summed E-state index contributed by atoms with van der Waals surface area (Å²) in [4.78, 5) is 2.43. The van der Waals surface area contributed by atoms with Crippen LogP contribution in [0.3, 0.4) is 0 Å². The van der Waals surface area contributed by atoms with E-state index in [-0.39, 0.29) is 5.54 Å². The molecule has 0 bridgehead atoms. The van der Waals surface area contributed by atoms with Gasteiger partial charge in [0.25, 0.3) is 0 Å². The van der Waals surface area contributed by atoms with Crippen LogP contribution in [0.1, 0.15) is 20.3 Å². The van der Waals surface area contributed by atoms with Crippen molar-refractivity contribution in [2.24, 2.45) is 0 Å². The fourth-order valence-corrected chi connectivity index (χ4v) is 1.95. The van der Waals surface area contributed by atoms with Crippen molar-refractivity contribution in [3.05, 3.63) is 37.0 Å². The maximum absolute atomic E-state index is 3.95. The average molecular weight is 177 g/mol. The van der Waals surface area contributed by atoms with Crippen molar-refractivity contribution in [2.75, 3.05) is 13.1 Å². The summed E-state index contributed by atoms with van der Waals surface area (Å²) < 4.78 is 0. The minimum absolute atomic E-state index is 0.0677. The van der Waals surface area contributed by atoms with Crippen molar-refractivity contribution in [1.29, 1.82) is 0 Å². The van der Waals surface area contributed by atoms with Gasteiger partial charge in [-0.2, -0.15) is 0 Å². The number of nitrogens with zero attached hydrogens (tertiary/aromatic N) is 1.